The summed E-state index contributed by atoms with van der Waals surface area (Å²) in [6.07, 6.45) is -2.99. The molecule has 0 saturated carbocycles. The Bertz CT molecular complexity index is 1930. The zero-order valence-electron chi connectivity index (χ0n) is 35.2. The molecule has 2 saturated heterocycles. The SMILES string of the molecule is CC(=O)NC1C(OCCOCCNC(=O)NCCCCCC(=O)N2CC(CO)(CO)C2)OC(COC(=O)c2ccccc2)C(OC(=O)c2ccccc2)C1OC(=O)c1ccccc1. The van der Waals surface area contributed by atoms with Crippen LogP contribution in [0.5, 0.6) is 0 Å². The summed E-state index contributed by atoms with van der Waals surface area (Å²) in [5.74, 6) is -2.82. The summed E-state index contributed by atoms with van der Waals surface area (Å²) in [6.45, 7) is 1.80. The van der Waals surface area contributed by atoms with Crippen LogP contribution in [0.15, 0.2) is 91.0 Å². The van der Waals surface area contributed by atoms with Crippen molar-refractivity contribution in [2.75, 3.05) is 65.8 Å². The van der Waals surface area contributed by atoms with Gasteiger partial charge in [-0.15, -0.1) is 0 Å². The average Bonchev–Trinajstić information content (AvgIpc) is 3.28. The second kappa shape index (κ2) is 24.6. The van der Waals surface area contributed by atoms with Crippen LogP contribution in [0, 0.1) is 5.41 Å². The molecule has 18 heteroatoms. The molecule has 3 aromatic rings. The number of ether oxygens (including phenoxy) is 6. The van der Waals surface area contributed by atoms with Gasteiger partial charge in [-0.2, -0.15) is 0 Å². The van der Waals surface area contributed by atoms with Gasteiger partial charge < -0.3 is 59.5 Å². The smallest absolute Gasteiger partial charge is 0.338 e. The summed E-state index contributed by atoms with van der Waals surface area (Å²) in [7, 11) is 0. The van der Waals surface area contributed by atoms with E-state index < -0.39 is 66.5 Å². The van der Waals surface area contributed by atoms with Gasteiger partial charge in [0.25, 0.3) is 0 Å². The second-order valence-corrected chi connectivity index (χ2v) is 15.2. The van der Waals surface area contributed by atoms with E-state index in [1.807, 2.05) is 0 Å². The second-order valence-electron chi connectivity index (χ2n) is 15.2. The number of likely N-dealkylation sites (tertiary alicyclic amines) is 1. The van der Waals surface area contributed by atoms with Gasteiger partial charge in [-0.25, -0.2) is 19.2 Å². The molecule has 4 amide bonds. The molecule has 5 atom stereocenters. The Labute approximate surface area is 365 Å². The van der Waals surface area contributed by atoms with Gasteiger partial charge in [0.05, 0.1) is 55.1 Å². The van der Waals surface area contributed by atoms with Gasteiger partial charge in [-0.05, 0) is 49.2 Å². The number of esters is 3. The highest BCUT2D eigenvalue weighted by Crippen LogP contribution is 2.31. The molecule has 0 spiro atoms. The number of nitrogens with one attached hydrogen (secondary N) is 3. The van der Waals surface area contributed by atoms with E-state index in [4.69, 9.17) is 28.4 Å². The van der Waals surface area contributed by atoms with Gasteiger partial charge >= 0.3 is 23.9 Å². The lowest BCUT2D eigenvalue weighted by molar-refractivity contribution is -0.270. The molecule has 2 aliphatic heterocycles. The summed E-state index contributed by atoms with van der Waals surface area (Å²) in [5.41, 5.74) is 0.0277. The Hall–Kier alpha value is -5.92. The average molecular weight is 877 g/mol. The van der Waals surface area contributed by atoms with Crippen LogP contribution >= 0.6 is 0 Å². The van der Waals surface area contributed by atoms with E-state index in [1.54, 1.807) is 71.6 Å². The number of aliphatic hydroxyl groups excluding tert-OH is 2. The number of urea groups is 1. The Balaban J connectivity index is 1.14. The lowest BCUT2D eigenvalue weighted by Gasteiger charge is -2.48. The standard InChI is InChI=1S/C45H56N4O14/c1-31(52)48-37-39(63-42(56)34-18-10-4-11-19-34)38(62-41(55)33-16-8-3-9-17-33)35(26-60-40(54)32-14-6-2-7-15-32)61-43(37)59-25-24-58-23-22-47-44(57)46-21-13-5-12-20-36(53)49-27-45(28-49,29-50)30-51/h2-4,6-11,14-19,35,37-39,43,50-51H,5,12-13,20-30H2,1H3,(H,48,52)(H2,46,47,57). The predicted octanol–water partition coefficient (Wildman–Crippen LogP) is 2.23. The maximum atomic E-state index is 13.6. The fourth-order valence-electron chi connectivity index (χ4n) is 6.95. The minimum atomic E-state index is -1.42. The number of unbranched alkanes of at least 4 members (excludes halogenated alkanes) is 2. The lowest BCUT2D eigenvalue weighted by Crippen LogP contribution is -2.66. The van der Waals surface area contributed by atoms with Gasteiger partial charge in [-0.3, -0.25) is 9.59 Å². The van der Waals surface area contributed by atoms with E-state index in [0.717, 1.165) is 6.42 Å². The number of carbonyl (C=O) groups is 6. The minimum absolute atomic E-state index is 0.0155. The first-order chi connectivity index (χ1) is 30.5. The van der Waals surface area contributed by atoms with Crippen molar-refractivity contribution in [2.45, 2.75) is 63.3 Å². The van der Waals surface area contributed by atoms with Crippen LogP contribution in [0.25, 0.3) is 0 Å². The van der Waals surface area contributed by atoms with Crippen molar-refractivity contribution in [3.05, 3.63) is 108 Å². The van der Waals surface area contributed by atoms with Gasteiger partial charge in [0, 0.05) is 39.5 Å². The summed E-state index contributed by atoms with van der Waals surface area (Å²) in [6, 6.07) is 22.8. The predicted molar refractivity (Wildman–Crippen MR) is 224 cm³/mol. The third kappa shape index (κ3) is 14.6. The quantitative estimate of drug-likeness (QED) is 0.0522. The highest BCUT2D eigenvalue weighted by atomic mass is 16.7. The molecule has 5 unspecified atom stereocenters. The monoisotopic (exact) mass is 876 g/mol. The first-order valence-corrected chi connectivity index (χ1v) is 20.9. The fourth-order valence-corrected chi connectivity index (χ4v) is 6.95. The number of benzene rings is 3. The van der Waals surface area contributed by atoms with Gasteiger partial charge in [0.15, 0.2) is 18.5 Å². The molecule has 3 aromatic carbocycles. The number of carbonyl (C=O) groups excluding carboxylic acids is 6. The Kier molecular flexibility index (Phi) is 18.8. The molecule has 0 bridgehead atoms. The molecule has 2 fully saturated rings. The van der Waals surface area contributed by atoms with Crippen molar-refractivity contribution >= 4 is 35.8 Å². The number of amides is 4. The summed E-state index contributed by atoms with van der Waals surface area (Å²) in [5, 5.41) is 27.0. The van der Waals surface area contributed by atoms with E-state index in [2.05, 4.69) is 16.0 Å². The molecule has 2 aliphatic rings. The number of aliphatic hydroxyl groups is 2. The molecule has 18 nitrogen and oxygen atoms in total. The first kappa shape index (κ1) is 48.1. The Morgan fingerprint density at radius 3 is 1.83 bits per heavy atom. The Morgan fingerprint density at radius 1 is 0.698 bits per heavy atom. The molecule has 5 rings (SSSR count). The minimum Gasteiger partial charge on any atom is -0.459 e. The van der Waals surface area contributed by atoms with Crippen LogP contribution in [-0.4, -0.2) is 147 Å². The van der Waals surface area contributed by atoms with Gasteiger partial charge in [-0.1, -0.05) is 61.0 Å². The van der Waals surface area contributed by atoms with Crippen LogP contribution < -0.4 is 16.0 Å². The zero-order valence-corrected chi connectivity index (χ0v) is 35.2. The normalized spacial score (nSPS) is 20.0. The highest BCUT2D eigenvalue weighted by Gasteiger charge is 2.52. The molecule has 0 aliphatic carbocycles. The van der Waals surface area contributed by atoms with Crippen LogP contribution in [-0.2, 0) is 38.0 Å². The number of rotatable bonds is 23. The molecule has 340 valence electrons. The number of hydrogen-bond acceptors (Lipinski definition) is 14. The Morgan fingerprint density at radius 2 is 1.25 bits per heavy atom. The summed E-state index contributed by atoms with van der Waals surface area (Å²) >= 11 is 0. The molecule has 5 N–H and O–H groups in total. The number of hydrogen-bond donors (Lipinski definition) is 5. The summed E-state index contributed by atoms with van der Waals surface area (Å²) < 4.78 is 35.6. The maximum absolute atomic E-state index is 13.6. The van der Waals surface area contributed by atoms with Crippen molar-refractivity contribution < 1.29 is 67.4 Å². The van der Waals surface area contributed by atoms with E-state index in [1.165, 1.54) is 31.2 Å². The molecule has 2 heterocycles. The fraction of sp³-hybridized carbons (Fsp3) is 0.467. The van der Waals surface area contributed by atoms with Gasteiger partial charge in [0.2, 0.25) is 11.8 Å². The largest absolute Gasteiger partial charge is 0.459 e. The van der Waals surface area contributed by atoms with E-state index in [9.17, 15) is 39.0 Å². The molecular formula is C45H56N4O14. The van der Waals surface area contributed by atoms with Crippen molar-refractivity contribution in [3.8, 4) is 0 Å². The summed E-state index contributed by atoms with van der Waals surface area (Å²) in [4.78, 5) is 79.0. The highest BCUT2D eigenvalue weighted by molar-refractivity contribution is 5.91. The topological polar surface area (TPSA) is 238 Å². The van der Waals surface area contributed by atoms with Crippen LogP contribution in [0.3, 0.4) is 0 Å². The lowest BCUT2D eigenvalue weighted by atomic mass is 9.81. The third-order valence-corrected chi connectivity index (χ3v) is 10.4. The van der Waals surface area contributed by atoms with Gasteiger partial charge in [0.1, 0.15) is 18.8 Å². The van der Waals surface area contributed by atoms with Crippen molar-refractivity contribution in [1.29, 1.82) is 0 Å². The molecule has 63 heavy (non-hydrogen) atoms. The van der Waals surface area contributed by atoms with E-state index in [-0.39, 0.29) is 68.2 Å². The zero-order chi connectivity index (χ0) is 45.0. The van der Waals surface area contributed by atoms with E-state index >= 15 is 0 Å². The van der Waals surface area contributed by atoms with E-state index in [0.29, 0.717) is 38.9 Å². The van der Waals surface area contributed by atoms with Crippen molar-refractivity contribution in [2.24, 2.45) is 5.41 Å². The molecule has 0 aromatic heterocycles. The van der Waals surface area contributed by atoms with Crippen LogP contribution in [0.2, 0.25) is 0 Å². The number of nitrogens with zero attached hydrogens (tertiary/aromatic N) is 1. The third-order valence-electron chi connectivity index (χ3n) is 10.4. The van der Waals surface area contributed by atoms with Crippen molar-refractivity contribution in [1.82, 2.24) is 20.9 Å². The van der Waals surface area contributed by atoms with Crippen LogP contribution in [0.1, 0.15) is 63.7 Å². The molecule has 0 radical (unpaired) electrons. The first-order valence-electron chi connectivity index (χ1n) is 20.9. The maximum Gasteiger partial charge on any atom is 0.338 e. The van der Waals surface area contributed by atoms with Crippen molar-refractivity contribution in [3.63, 3.8) is 0 Å². The molecular weight excluding hydrogens is 821 g/mol. The van der Waals surface area contributed by atoms with Crippen LogP contribution in [0.4, 0.5) is 4.79 Å².